The molecule has 0 saturated carbocycles. The second-order valence-electron chi connectivity index (χ2n) is 7.66. The van der Waals surface area contributed by atoms with E-state index in [1.807, 2.05) is 84.9 Å². The molecule has 0 aliphatic heterocycles. The standard InChI is InChI=1S/C28H22O6S2.CH4.2Na/c29-33-34-35-27-7-3-1-5-25(27)19-13-21-9-15-23(16-10-21)24-17-11-22(12-18-24)14-20-26-6-2-4-8-28(26)36(30,31)32;;;/h1-20,29H,(H,30,31,32);1H4;;/q;;2*+1/p-2/b19-13+,20-14+;;;. The minimum atomic E-state index is -4.54. The van der Waals surface area contributed by atoms with Gasteiger partial charge < -0.3 is 9.81 Å². The average Bonchev–Trinajstić information content (AvgIpc) is 2.90. The Morgan fingerprint density at radius 1 is 0.641 bits per heavy atom. The maximum atomic E-state index is 11.4. The molecule has 0 aromatic heterocycles. The summed E-state index contributed by atoms with van der Waals surface area (Å²) >= 11 is 0.855. The van der Waals surface area contributed by atoms with Crippen molar-refractivity contribution >= 4 is 46.5 Å². The second-order valence-corrected chi connectivity index (χ2v) is 9.75. The maximum Gasteiger partial charge on any atom is 1.00 e. The summed E-state index contributed by atoms with van der Waals surface area (Å²) in [5.74, 6) is 0. The van der Waals surface area contributed by atoms with Gasteiger partial charge in [-0.25, -0.2) is 8.42 Å². The fourth-order valence-corrected chi connectivity index (χ4v) is 4.67. The zero-order valence-corrected chi connectivity index (χ0v) is 26.4. The predicted molar refractivity (Wildman–Crippen MR) is 145 cm³/mol. The van der Waals surface area contributed by atoms with Crippen molar-refractivity contribution in [3.63, 3.8) is 0 Å². The molecule has 0 aliphatic rings. The topological polar surface area (TPSA) is 98.7 Å². The van der Waals surface area contributed by atoms with E-state index in [4.69, 9.17) is 0 Å². The summed E-state index contributed by atoms with van der Waals surface area (Å²) in [6, 6.07) is 29.5. The van der Waals surface area contributed by atoms with Gasteiger partial charge in [0.05, 0.1) is 16.9 Å². The van der Waals surface area contributed by atoms with Gasteiger partial charge in [-0.2, -0.15) is 4.33 Å². The molecule has 0 fully saturated rings. The van der Waals surface area contributed by atoms with Crippen molar-refractivity contribution in [2.45, 2.75) is 17.2 Å². The Kier molecular flexibility index (Phi) is 15.8. The summed E-state index contributed by atoms with van der Waals surface area (Å²) in [5, 5.41) is 13.5. The Morgan fingerprint density at radius 2 is 1.10 bits per heavy atom. The monoisotopic (exact) mass is 578 g/mol. The molecule has 4 aromatic rings. The zero-order chi connectivity index (χ0) is 25.4. The number of hydrogen-bond donors (Lipinski definition) is 0. The van der Waals surface area contributed by atoms with Crippen LogP contribution in [0.15, 0.2) is 107 Å². The Morgan fingerprint density at radius 3 is 1.62 bits per heavy atom. The minimum absolute atomic E-state index is 0. The first-order chi connectivity index (χ1) is 17.4. The van der Waals surface area contributed by atoms with Gasteiger partial charge in [0.25, 0.3) is 0 Å². The largest absolute Gasteiger partial charge is 1.00 e. The molecule has 0 unspecified atom stereocenters. The molecule has 190 valence electrons. The third-order valence-corrected chi connectivity index (χ3v) is 6.91. The predicted octanol–water partition coefficient (Wildman–Crippen LogP) is 0.473. The summed E-state index contributed by atoms with van der Waals surface area (Å²) in [7, 11) is -4.54. The molecule has 6 nitrogen and oxygen atoms in total. The number of hydrogen-bond acceptors (Lipinski definition) is 7. The van der Waals surface area contributed by atoms with Gasteiger partial charge in [0.2, 0.25) is 0 Å². The van der Waals surface area contributed by atoms with Crippen molar-refractivity contribution in [3.05, 3.63) is 119 Å². The molecule has 0 bridgehead atoms. The van der Waals surface area contributed by atoms with Crippen LogP contribution in [0.2, 0.25) is 0 Å². The smallest absolute Gasteiger partial charge is 0.744 e. The average molecular weight is 579 g/mol. The molecule has 39 heavy (non-hydrogen) atoms. The quantitative estimate of drug-likeness (QED) is 0.0712. The fourth-order valence-electron chi connectivity index (χ4n) is 3.54. The van der Waals surface area contributed by atoms with Crippen molar-refractivity contribution < 1.29 is 86.7 Å². The van der Waals surface area contributed by atoms with Crippen LogP contribution in [0.25, 0.3) is 35.4 Å². The Balaban J connectivity index is 0.00000253. The molecule has 0 amide bonds. The maximum absolute atomic E-state index is 11.4. The summed E-state index contributed by atoms with van der Waals surface area (Å²) in [5.41, 5.74) is 5.20. The van der Waals surface area contributed by atoms with Gasteiger partial charge in [-0.05, 0) is 45.5 Å². The first-order valence-electron chi connectivity index (χ1n) is 10.8. The van der Waals surface area contributed by atoms with Gasteiger partial charge in [0.15, 0.2) is 0 Å². The first-order valence-corrected chi connectivity index (χ1v) is 12.9. The van der Waals surface area contributed by atoms with Crippen LogP contribution in [0.1, 0.15) is 29.7 Å². The van der Waals surface area contributed by atoms with E-state index < -0.39 is 10.1 Å². The van der Waals surface area contributed by atoms with E-state index in [9.17, 15) is 18.2 Å². The zero-order valence-electron chi connectivity index (χ0n) is 20.8. The first kappa shape index (κ1) is 35.5. The normalized spacial score (nSPS) is 11.0. The molecule has 4 rings (SSSR count). The van der Waals surface area contributed by atoms with Crippen molar-refractivity contribution in [1.82, 2.24) is 0 Å². The third kappa shape index (κ3) is 10.4. The van der Waals surface area contributed by atoms with Crippen molar-refractivity contribution in [2.24, 2.45) is 0 Å². The van der Waals surface area contributed by atoms with Gasteiger partial charge in [-0.3, -0.25) is 5.04 Å². The SMILES string of the molecule is C.O=S(=O)([O-])c1ccccc1/C=C/c1ccc(-c2ccc(/C=C/c3ccccc3SOO[O-])cc2)cc1.[Na+].[Na+]. The van der Waals surface area contributed by atoms with E-state index in [0.29, 0.717) is 5.56 Å². The van der Waals surface area contributed by atoms with Gasteiger partial charge >= 0.3 is 59.1 Å². The van der Waals surface area contributed by atoms with Crippen LogP contribution >= 0.6 is 12.0 Å². The number of benzene rings is 4. The minimum Gasteiger partial charge on any atom is -0.744 e. The van der Waals surface area contributed by atoms with Gasteiger partial charge in [-0.1, -0.05) is 117 Å². The summed E-state index contributed by atoms with van der Waals surface area (Å²) < 4.78 is 38.8. The van der Waals surface area contributed by atoms with E-state index >= 15 is 0 Å². The van der Waals surface area contributed by atoms with E-state index in [1.54, 1.807) is 24.3 Å². The van der Waals surface area contributed by atoms with Crippen molar-refractivity contribution in [3.8, 4) is 11.1 Å². The van der Waals surface area contributed by atoms with Gasteiger partial charge in [-0.15, -0.1) is 0 Å². The summed E-state index contributed by atoms with van der Waals surface area (Å²) in [6.07, 6.45) is 7.29. The molecule has 0 radical (unpaired) electrons. The van der Waals surface area contributed by atoms with Gasteiger partial charge in [0.1, 0.15) is 10.1 Å². The molecule has 0 N–H and O–H groups in total. The van der Waals surface area contributed by atoms with Crippen LogP contribution in [-0.4, -0.2) is 13.0 Å². The van der Waals surface area contributed by atoms with E-state index in [0.717, 1.165) is 44.8 Å². The molecule has 10 heteroatoms. The van der Waals surface area contributed by atoms with Crippen molar-refractivity contribution in [2.75, 3.05) is 0 Å². The molecule has 0 heterocycles. The molecule has 4 aromatic carbocycles. The van der Waals surface area contributed by atoms with E-state index in [-0.39, 0.29) is 71.4 Å². The summed E-state index contributed by atoms with van der Waals surface area (Å²) in [6.45, 7) is 0. The van der Waals surface area contributed by atoms with E-state index in [1.165, 1.54) is 12.1 Å². The van der Waals surface area contributed by atoms with Crippen LogP contribution in [0.5, 0.6) is 0 Å². The second kappa shape index (κ2) is 17.3. The van der Waals surface area contributed by atoms with Crippen LogP contribution in [-0.2, 0) is 19.5 Å². The molecular formula is C29H24Na2O6S2. The fraction of sp³-hybridized carbons (Fsp3) is 0.0345. The third-order valence-electron chi connectivity index (χ3n) is 5.32. The molecule has 0 aliphatic carbocycles. The summed E-state index contributed by atoms with van der Waals surface area (Å²) in [4.78, 5) is 0.521. The van der Waals surface area contributed by atoms with Crippen LogP contribution in [0.3, 0.4) is 0 Å². The van der Waals surface area contributed by atoms with E-state index in [2.05, 4.69) is 9.37 Å². The van der Waals surface area contributed by atoms with Gasteiger partial charge in [0, 0.05) is 4.90 Å². The molecule has 0 atom stereocenters. The van der Waals surface area contributed by atoms with Crippen molar-refractivity contribution in [1.29, 1.82) is 0 Å². The molecular weight excluding hydrogens is 554 g/mol. The van der Waals surface area contributed by atoms with Crippen LogP contribution < -0.4 is 64.4 Å². The van der Waals surface area contributed by atoms with Crippen LogP contribution in [0.4, 0.5) is 0 Å². The Labute approximate surface area is 278 Å². The Bertz CT molecular complexity index is 1490. The molecule has 0 saturated heterocycles. The Hall–Kier alpha value is -1.50. The van der Waals surface area contributed by atoms with Crippen LogP contribution in [0, 0.1) is 0 Å². The molecule has 0 spiro atoms. The number of rotatable bonds is 9.